The summed E-state index contributed by atoms with van der Waals surface area (Å²) in [6, 6.07) is 7.95. The van der Waals surface area contributed by atoms with Gasteiger partial charge in [0.1, 0.15) is 0 Å². The highest BCUT2D eigenvalue weighted by molar-refractivity contribution is 5.83. The Morgan fingerprint density at radius 2 is 1.97 bits per heavy atom. The number of alkyl halides is 3. The predicted molar refractivity (Wildman–Crippen MR) is 105 cm³/mol. The number of amides is 1. The first-order valence-electron chi connectivity index (χ1n) is 9.81. The average Bonchev–Trinajstić information content (AvgIpc) is 3.33. The lowest BCUT2D eigenvalue weighted by Crippen LogP contribution is -2.49. The molecule has 1 aromatic carbocycles. The van der Waals surface area contributed by atoms with Gasteiger partial charge in [0.05, 0.1) is 6.42 Å². The summed E-state index contributed by atoms with van der Waals surface area (Å²) in [4.78, 5) is 21.0. The first kappa shape index (κ1) is 20.5. The van der Waals surface area contributed by atoms with E-state index in [4.69, 9.17) is 0 Å². The molecule has 1 saturated heterocycles. The topological polar surface area (TPSA) is 74.2 Å². The Hall–Kier alpha value is -2.81. The molecule has 0 radical (unpaired) electrons. The maximum atomic E-state index is 13.7. The Balaban J connectivity index is 1.47. The SMILES string of the molecule is Cn1ccnc1C(O)(CC(=O)N1CCC(c2c[nH]c3ccccc23)CC1)C(F)(F)F. The van der Waals surface area contributed by atoms with Crippen molar-refractivity contribution in [3.05, 3.63) is 54.2 Å². The van der Waals surface area contributed by atoms with Gasteiger partial charge in [-0.05, 0) is 30.4 Å². The van der Waals surface area contributed by atoms with Crippen LogP contribution in [0.4, 0.5) is 13.2 Å². The predicted octanol–water partition coefficient (Wildman–Crippen LogP) is 3.45. The Kier molecular flexibility index (Phi) is 5.09. The number of carbonyl (C=O) groups is 1. The summed E-state index contributed by atoms with van der Waals surface area (Å²) in [5, 5.41) is 11.6. The number of H-pyrrole nitrogens is 1. The molecular weight excluding hydrogens is 397 g/mol. The van der Waals surface area contributed by atoms with Crippen molar-refractivity contribution in [1.29, 1.82) is 0 Å². The summed E-state index contributed by atoms with van der Waals surface area (Å²) in [5.74, 6) is -1.09. The van der Waals surface area contributed by atoms with Crippen molar-refractivity contribution in [1.82, 2.24) is 19.4 Å². The highest BCUT2D eigenvalue weighted by atomic mass is 19.4. The third-order valence-electron chi connectivity index (χ3n) is 5.98. The molecule has 2 aromatic heterocycles. The molecule has 2 N–H and O–H groups in total. The van der Waals surface area contributed by atoms with Crippen LogP contribution in [0.2, 0.25) is 0 Å². The van der Waals surface area contributed by atoms with Crippen LogP contribution in [0, 0.1) is 0 Å². The smallest absolute Gasteiger partial charge is 0.374 e. The monoisotopic (exact) mass is 420 g/mol. The van der Waals surface area contributed by atoms with Crippen molar-refractivity contribution < 1.29 is 23.1 Å². The van der Waals surface area contributed by atoms with Gasteiger partial charge in [0, 0.05) is 49.6 Å². The number of para-hydroxylation sites is 1. The van der Waals surface area contributed by atoms with E-state index in [9.17, 15) is 23.1 Å². The van der Waals surface area contributed by atoms with Gasteiger partial charge in [0.2, 0.25) is 11.5 Å². The molecular formula is C21H23F3N4O2. The summed E-state index contributed by atoms with van der Waals surface area (Å²) in [5.41, 5.74) is -1.12. The largest absolute Gasteiger partial charge is 0.425 e. The molecule has 3 heterocycles. The average molecular weight is 420 g/mol. The summed E-state index contributed by atoms with van der Waals surface area (Å²) in [7, 11) is 1.36. The number of hydrogen-bond donors (Lipinski definition) is 2. The highest BCUT2D eigenvalue weighted by Gasteiger charge is 2.59. The van der Waals surface area contributed by atoms with Crippen LogP contribution in [0.25, 0.3) is 10.9 Å². The van der Waals surface area contributed by atoms with Crippen LogP contribution in [0.5, 0.6) is 0 Å². The number of imidazole rings is 1. The van der Waals surface area contributed by atoms with Crippen LogP contribution < -0.4 is 0 Å². The molecule has 1 fully saturated rings. The fourth-order valence-corrected chi connectivity index (χ4v) is 4.27. The third-order valence-corrected chi connectivity index (χ3v) is 5.98. The fourth-order valence-electron chi connectivity index (χ4n) is 4.27. The van der Waals surface area contributed by atoms with E-state index in [0.29, 0.717) is 25.9 Å². The summed E-state index contributed by atoms with van der Waals surface area (Å²) < 4.78 is 42.2. The molecule has 1 aliphatic heterocycles. The van der Waals surface area contributed by atoms with E-state index in [-0.39, 0.29) is 5.92 Å². The molecule has 1 amide bonds. The summed E-state index contributed by atoms with van der Waals surface area (Å²) in [6.45, 7) is 0.690. The third kappa shape index (κ3) is 3.47. The van der Waals surface area contributed by atoms with Crippen molar-refractivity contribution in [2.45, 2.75) is 37.0 Å². The van der Waals surface area contributed by atoms with Gasteiger partial charge in [0.25, 0.3) is 0 Å². The molecule has 4 rings (SSSR count). The Labute approximate surface area is 171 Å². The van der Waals surface area contributed by atoms with E-state index in [1.807, 2.05) is 30.5 Å². The van der Waals surface area contributed by atoms with Gasteiger partial charge >= 0.3 is 6.18 Å². The number of fused-ring (bicyclic) bond motifs is 1. The second kappa shape index (κ2) is 7.46. The van der Waals surface area contributed by atoms with Gasteiger partial charge in [-0.3, -0.25) is 4.79 Å². The van der Waals surface area contributed by atoms with Gasteiger partial charge in [-0.1, -0.05) is 18.2 Å². The van der Waals surface area contributed by atoms with Crippen LogP contribution in [0.15, 0.2) is 42.9 Å². The van der Waals surface area contributed by atoms with Gasteiger partial charge in [-0.25, -0.2) is 4.98 Å². The van der Waals surface area contributed by atoms with Crippen molar-refractivity contribution in [2.75, 3.05) is 13.1 Å². The molecule has 6 nitrogen and oxygen atoms in total. The van der Waals surface area contributed by atoms with Crippen LogP contribution in [-0.2, 0) is 17.4 Å². The number of aryl methyl sites for hydroxylation is 1. The van der Waals surface area contributed by atoms with Crippen molar-refractivity contribution in [2.24, 2.45) is 7.05 Å². The normalized spacial score (nSPS) is 18.0. The Morgan fingerprint density at radius 1 is 1.27 bits per heavy atom. The minimum Gasteiger partial charge on any atom is -0.374 e. The maximum Gasteiger partial charge on any atom is 0.425 e. The second-order valence-electron chi connectivity index (χ2n) is 7.84. The van der Waals surface area contributed by atoms with Crippen LogP contribution >= 0.6 is 0 Å². The van der Waals surface area contributed by atoms with Crippen LogP contribution in [0.1, 0.15) is 36.6 Å². The maximum absolute atomic E-state index is 13.7. The molecule has 1 unspecified atom stereocenters. The molecule has 0 spiro atoms. The number of benzene rings is 1. The zero-order valence-electron chi connectivity index (χ0n) is 16.5. The molecule has 1 aliphatic rings. The number of aliphatic hydroxyl groups is 1. The van der Waals surface area contributed by atoms with Gasteiger partial charge in [-0.2, -0.15) is 13.2 Å². The van der Waals surface area contributed by atoms with E-state index in [1.165, 1.54) is 24.3 Å². The number of hydrogen-bond acceptors (Lipinski definition) is 3. The first-order chi connectivity index (χ1) is 14.2. The summed E-state index contributed by atoms with van der Waals surface area (Å²) >= 11 is 0. The highest BCUT2D eigenvalue weighted by Crippen LogP contribution is 2.41. The first-order valence-corrected chi connectivity index (χ1v) is 9.81. The zero-order valence-corrected chi connectivity index (χ0v) is 16.5. The number of likely N-dealkylation sites (tertiary alicyclic amines) is 1. The summed E-state index contributed by atoms with van der Waals surface area (Å²) in [6.07, 6.45) is -0.354. The zero-order chi connectivity index (χ0) is 21.5. The van der Waals surface area contributed by atoms with Gasteiger partial charge in [0.15, 0.2) is 5.82 Å². The minimum atomic E-state index is -5.02. The molecule has 0 aliphatic carbocycles. The Morgan fingerprint density at radius 3 is 2.60 bits per heavy atom. The number of halogens is 3. The Bertz CT molecular complexity index is 1050. The molecule has 3 aromatic rings. The van der Waals surface area contributed by atoms with Gasteiger partial charge in [-0.15, -0.1) is 0 Å². The number of piperidine rings is 1. The fraction of sp³-hybridized carbons (Fsp3) is 0.429. The van der Waals surface area contributed by atoms with Crippen LogP contribution in [-0.4, -0.2) is 49.7 Å². The van der Waals surface area contributed by atoms with E-state index in [2.05, 4.69) is 9.97 Å². The lowest BCUT2D eigenvalue weighted by Gasteiger charge is -2.35. The van der Waals surface area contributed by atoms with Crippen molar-refractivity contribution in [3.8, 4) is 0 Å². The number of nitrogens with one attached hydrogen (secondary N) is 1. The van der Waals surface area contributed by atoms with Crippen molar-refractivity contribution in [3.63, 3.8) is 0 Å². The number of carbonyl (C=O) groups excluding carboxylic acids is 1. The van der Waals surface area contributed by atoms with E-state index >= 15 is 0 Å². The lowest BCUT2D eigenvalue weighted by atomic mass is 9.88. The number of aromatic amines is 1. The molecule has 9 heteroatoms. The van der Waals surface area contributed by atoms with E-state index in [0.717, 1.165) is 21.0 Å². The minimum absolute atomic E-state index is 0.223. The molecule has 30 heavy (non-hydrogen) atoms. The number of nitrogens with zero attached hydrogens (tertiary/aromatic N) is 3. The molecule has 160 valence electrons. The second-order valence-corrected chi connectivity index (χ2v) is 7.84. The quantitative estimate of drug-likeness (QED) is 0.679. The number of aromatic nitrogens is 3. The van der Waals surface area contributed by atoms with E-state index < -0.39 is 29.9 Å². The van der Waals surface area contributed by atoms with Crippen LogP contribution in [0.3, 0.4) is 0 Å². The van der Waals surface area contributed by atoms with Crippen molar-refractivity contribution >= 4 is 16.8 Å². The number of rotatable bonds is 4. The molecule has 0 bridgehead atoms. The molecule has 0 saturated carbocycles. The molecule has 1 atom stereocenters. The van der Waals surface area contributed by atoms with E-state index in [1.54, 1.807) is 0 Å². The lowest BCUT2D eigenvalue weighted by molar-refractivity contribution is -0.272. The standard InChI is InChI=1S/C21H23F3N4O2/c1-27-11-8-25-19(27)20(30,21(22,23)24)12-18(29)28-9-6-14(7-10-28)16-13-26-17-5-3-2-4-15(16)17/h2-5,8,11,13-14,26,30H,6-7,9-10,12H2,1H3. The van der Waals surface area contributed by atoms with Gasteiger partial charge < -0.3 is 19.6 Å².